The molecule has 96 valence electrons. The Morgan fingerprint density at radius 1 is 1.47 bits per heavy atom. The molecule has 0 aromatic carbocycles. The minimum atomic E-state index is -0.222. The number of esters is 1. The second-order valence-electron chi connectivity index (χ2n) is 4.16. The van der Waals surface area contributed by atoms with Crippen LogP contribution in [-0.4, -0.2) is 33.0 Å². The quantitative estimate of drug-likeness (QED) is 0.626. The third-order valence-electron chi connectivity index (χ3n) is 2.26. The molecule has 0 amide bonds. The van der Waals surface area contributed by atoms with Crippen molar-refractivity contribution in [1.29, 1.82) is 0 Å². The number of thioether (sulfide) groups is 1. The molecule has 0 saturated carbocycles. The van der Waals surface area contributed by atoms with Gasteiger partial charge in [-0.1, -0.05) is 32.5 Å². The van der Waals surface area contributed by atoms with Crippen LogP contribution < -0.4 is 0 Å². The van der Waals surface area contributed by atoms with E-state index in [1.165, 1.54) is 11.8 Å². The van der Waals surface area contributed by atoms with Crippen LogP contribution >= 0.6 is 11.8 Å². The van der Waals surface area contributed by atoms with Crippen LogP contribution in [0.5, 0.6) is 0 Å². The van der Waals surface area contributed by atoms with Crippen LogP contribution in [0, 0.1) is 0 Å². The molecule has 1 aromatic rings. The van der Waals surface area contributed by atoms with Crippen molar-refractivity contribution in [2.24, 2.45) is 0 Å². The van der Waals surface area contributed by atoms with Crippen molar-refractivity contribution in [3.8, 4) is 0 Å². The van der Waals surface area contributed by atoms with Gasteiger partial charge in [0.1, 0.15) is 5.82 Å². The zero-order valence-corrected chi connectivity index (χ0v) is 11.5. The Kier molecular flexibility index (Phi) is 5.47. The summed E-state index contributed by atoms with van der Waals surface area (Å²) in [7, 11) is 0. The number of rotatable bonds is 6. The van der Waals surface area contributed by atoms with Crippen LogP contribution in [-0.2, 0) is 9.53 Å². The van der Waals surface area contributed by atoms with E-state index in [1.807, 2.05) is 27.7 Å². The molecule has 0 bridgehead atoms. The molecule has 1 N–H and O–H groups in total. The number of hydrogen-bond donors (Lipinski definition) is 1. The zero-order chi connectivity index (χ0) is 12.8. The van der Waals surface area contributed by atoms with Gasteiger partial charge in [-0.3, -0.25) is 9.89 Å². The molecule has 1 atom stereocenters. The average molecular weight is 257 g/mol. The van der Waals surface area contributed by atoms with Gasteiger partial charge in [-0.05, 0) is 13.3 Å². The van der Waals surface area contributed by atoms with Crippen molar-refractivity contribution in [3.63, 3.8) is 0 Å². The van der Waals surface area contributed by atoms with Crippen molar-refractivity contribution in [2.45, 2.75) is 51.3 Å². The molecule has 5 nitrogen and oxygen atoms in total. The number of aromatic amines is 1. The molecule has 6 heteroatoms. The summed E-state index contributed by atoms with van der Waals surface area (Å²) >= 11 is 1.29. The van der Waals surface area contributed by atoms with E-state index in [2.05, 4.69) is 15.2 Å². The number of ether oxygens (including phenoxy) is 1. The molecular formula is C11H19N3O2S. The summed E-state index contributed by atoms with van der Waals surface area (Å²) in [5.41, 5.74) is 0. The zero-order valence-electron chi connectivity index (χ0n) is 10.7. The van der Waals surface area contributed by atoms with Crippen LogP contribution in [0.1, 0.15) is 45.9 Å². The summed E-state index contributed by atoms with van der Waals surface area (Å²) in [6.07, 6.45) is 0.802. The molecule has 1 aromatic heterocycles. The second kappa shape index (κ2) is 6.64. The van der Waals surface area contributed by atoms with Gasteiger partial charge >= 0.3 is 5.97 Å². The maximum absolute atomic E-state index is 11.4. The Balaban J connectivity index is 2.37. The van der Waals surface area contributed by atoms with Gasteiger partial charge in [-0.25, -0.2) is 4.98 Å². The lowest BCUT2D eigenvalue weighted by atomic mass is 10.2. The molecule has 0 aliphatic carbocycles. The molecule has 0 saturated heterocycles. The fraction of sp³-hybridized carbons (Fsp3) is 0.727. The van der Waals surface area contributed by atoms with E-state index in [9.17, 15) is 4.79 Å². The molecule has 1 rings (SSSR count). The van der Waals surface area contributed by atoms with E-state index >= 15 is 0 Å². The van der Waals surface area contributed by atoms with Crippen molar-refractivity contribution in [1.82, 2.24) is 15.2 Å². The standard InChI is InChI=1S/C11H19N3O2S/c1-5-8(4)16-9(15)6-17-11-12-10(7(2)3)13-14-11/h7-8H,5-6H2,1-4H3,(H,12,13,14). The molecule has 0 spiro atoms. The number of nitrogens with zero attached hydrogens (tertiary/aromatic N) is 2. The summed E-state index contributed by atoms with van der Waals surface area (Å²) < 4.78 is 5.15. The van der Waals surface area contributed by atoms with Crippen LogP contribution in [0.15, 0.2) is 5.16 Å². The lowest BCUT2D eigenvalue weighted by Crippen LogP contribution is -2.15. The molecule has 0 aliphatic heterocycles. The predicted molar refractivity (Wildman–Crippen MR) is 67.0 cm³/mol. The fourth-order valence-electron chi connectivity index (χ4n) is 1.05. The number of H-pyrrole nitrogens is 1. The van der Waals surface area contributed by atoms with Gasteiger partial charge < -0.3 is 4.74 Å². The third kappa shape index (κ3) is 4.77. The molecular weight excluding hydrogens is 238 g/mol. The highest BCUT2D eigenvalue weighted by Gasteiger charge is 2.11. The largest absolute Gasteiger partial charge is 0.462 e. The first-order valence-electron chi connectivity index (χ1n) is 5.77. The van der Waals surface area contributed by atoms with E-state index in [0.717, 1.165) is 12.2 Å². The van der Waals surface area contributed by atoms with E-state index in [-0.39, 0.29) is 17.8 Å². The normalized spacial score (nSPS) is 12.8. The minimum Gasteiger partial charge on any atom is -0.462 e. The first-order valence-corrected chi connectivity index (χ1v) is 6.76. The van der Waals surface area contributed by atoms with Crippen LogP contribution in [0.25, 0.3) is 0 Å². The summed E-state index contributed by atoms with van der Waals surface area (Å²) in [6.45, 7) is 7.93. The number of hydrogen-bond acceptors (Lipinski definition) is 5. The Hall–Kier alpha value is -1.04. The number of carbonyl (C=O) groups excluding carboxylic acids is 1. The fourth-order valence-corrected chi connectivity index (χ4v) is 1.63. The topological polar surface area (TPSA) is 67.9 Å². The van der Waals surface area contributed by atoms with Crippen LogP contribution in [0.4, 0.5) is 0 Å². The summed E-state index contributed by atoms with van der Waals surface area (Å²) in [5.74, 6) is 1.17. The van der Waals surface area contributed by atoms with Gasteiger partial charge in [-0.2, -0.15) is 0 Å². The van der Waals surface area contributed by atoms with E-state index in [1.54, 1.807) is 0 Å². The smallest absolute Gasteiger partial charge is 0.316 e. The number of aromatic nitrogens is 3. The van der Waals surface area contributed by atoms with Gasteiger partial charge in [0, 0.05) is 5.92 Å². The summed E-state index contributed by atoms with van der Waals surface area (Å²) in [5, 5.41) is 7.47. The highest BCUT2D eigenvalue weighted by atomic mass is 32.2. The van der Waals surface area contributed by atoms with Crippen molar-refractivity contribution in [2.75, 3.05) is 5.75 Å². The van der Waals surface area contributed by atoms with Crippen LogP contribution in [0.2, 0.25) is 0 Å². The molecule has 0 aliphatic rings. The Labute approximate surface area is 106 Å². The lowest BCUT2D eigenvalue weighted by molar-refractivity contribution is -0.144. The Morgan fingerprint density at radius 2 is 2.18 bits per heavy atom. The van der Waals surface area contributed by atoms with Crippen molar-refractivity contribution >= 4 is 17.7 Å². The highest BCUT2D eigenvalue weighted by molar-refractivity contribution is 7.99. The Bertz CT molecular complexity index is 365. The maximum Gasteiger partial charge on any atom is 0.316 e. The first-order chi connectivity index (χ1) is 8.02. The van der Waals surface area contributed by atoms with Crippen molar-refractivity contribution in [3.05, 3.63) is 5.82 Å². The molecule has 0 radical (unpaired) electrons. The van der Waals surface area contributed by atoms with Crippen LogP contribution in [0.3, 0.4) is 0 Å². The monoisotopic (exact) mass is 257 g/mol. The Morgan fingerprint density at radius 3 is 2.71 bits per heavy atom. The molecule has 0 fully saturated rings. The van der Waals surface area contributed by atoms with E-state index < -0.39 is 0 Å². The SMILES string of the molecule is CCC(C)OC(=O)CSc1n[nH]c(C(C)C)n1. The van der Waals surface area contributed by atoms with Gasteiger partial charge in [-0.15, -0.1) is 5.10 Å². The average Bonchev–Trinajstić information content (AvgIpc) is 2.75. The van der Waals surface area contributed by atoms with Gasteiger partial charge in [0.25, 0.3) is 0 Å². The number of carbonyl (C=O) groups is 1. The molecule has 1 unspecified atom stereocenters. The summed E-state index contributed by atoms with van der Waals surface area (Å²) in [4.78, 5) is 15.7. The van der Waals surface area contributed by atoms with Gasteiger partial charge in [0.15, 0.2) is 0 Å². The van der Waals surface area contributed by atoms with Gasteiger partial charge in [0.05, 0.1) is 11.9 Å². The number of nitrogens with one attached hydrogen (secondary N) is 1. The third-order valence-corrected chi connectivity index (χ3v) is 3.08. The predicted octanol–water partition coefficient (Wildman–Crippen LogP) is 2.36. The molecule has 17 heavy (non-hydrogen) atoms. The van der Waals surface area contributed by atoms with E-state index in [4.69, 9.17) is 4.74 Å². The minimum absolute atomic E-state index is 0.0264. The second-order valence-corrected chi connectivity index (χ2v) is 5.10. The highest BCUT2D eigenvalue weighted by Crippen LogP contribution is 2.16. The summed E-state index contributed by atoms with van der Waals surface area (Å²) in [6, 6.07) is 0. The lowest BCUT2D eigenvalue weighted by Gasteiger charge is -2.09. The maximum atomic E-state index is 11.4. The van der Waals surface area contributed by atoms with E-state index in [0.29, 0.717) is 11.1 Å². The van der Waals surface area contributed by atoms with Crippen molar-refractivity contribution < 1.29 is 9.53 Å². The van der Waals surface area contributed by atoms with Gasteiger partial charge in [0.2, 0.25) is 5.16 Å². The first kappa shape index (κ1) is 14.0. The molecule has 1 heterocycles.